The van der Waals surface area contributed by atoms with Crippen LogP contribution >= 0.6 is 0 Å². The number of aldehydes is 1. The van der Waals surface area contributed by atoms with Gasteiger partial charge in [-0.25, -0.2) is 0 Å². The quantitative estimate of drug-likeness (QED) is 0.569. The molecule has 1 fully saturated rings. The van der Waals surface area contributed by atoms with E-state index in [1.165, 1.54) is 0 Å². The lowest BCUT2D eigenvalue weighted by Crippen LogP contribution is -2.49. The van der Waals surface area contributed by atoms with Crippen molar-refractivity contribution in [3.63, 3.8) is 0 Å². The summed E-state index contributed by atoms with van der Waals surface area (Å²) in [5.41, 5.74) is 2.64. The maximum atomic E-state index is 13.1. The third kappa shape index (κ3) is 4.47. The number of rotatable bonds is 7. The SMILES string of the molecule is C\C=C(/C=C1/C(=O)N(C(CCC=O)C(=O)NC)C(C)/C1=C/C)C(C)C. The van der Waals surface area contributed by atoms with E-state index < -0.39 is 6.04 Å². The summed E-state index contributed by atoms with van der Waals surface area (Å²) in [5, 5.41) is 2.61. The van der Waals surface area contributed by atoms with Gasteiger partial charge in [-0.05, 0) is 50.3 Å². The van der Waals surface area contributed by atoms with Gasteiger partial charge in [-0.1, -0.05) is 26.0 Å². The lowest BCUT2D eigenvalue weighted by Gasteiger charge is -2.29. The zero-order chi connectivity index (χ0) is 19.1. The first-order valence-electron chi connectivity index (χ1n) is 8.86. The fourth-order valence-electron chi connectivity index (χ4n) is 3.31. The molecule has 0 aromatic carbocycles. The highest BCUT2D eigenvalue weighted by Crippen LogP contribution is 2.34. The number of likely N-dealkylation sites (tertiary alicyclic amines) is 1. The molecule has 0 saturated carbocycles. The Kier molecular flexibility index (Phi) is 7.81. The molecule has 0 aromatic heterocycles. The molecule has 1 rings (SSSR count). The smallest absolute Gasteiger partial charge is 0.255 e. The Bertz CT molecular complexity index is 614. The van der Waals surface area contributed by atoms with Gasteiger partial charge in [0.1, 0.15) is 12.3 Å². The van der Waals surface area contributed by atoms with Gasteiger partial charge >= 0.3 is 0 Å². The van der Waals surface area contributed by atoms with Crippen LogP contribution < -0.4 is 5.32 Å². The van der Waals surface area contributed by atoms with Gasteiger partial charge in [0.15, 0.2) is 0 Å². The molecule has 5 nitrogen and oxygen atoms in total. The highest BCUT2D eigenvalue weighted by atomic mass is 16.2. The molecule has 2 unspecified atom stereocenters. The van der Waals surface area contributed by atoms with E-state index in [0.717, 1.165) is 17.4 Å². The molecule has 1 aliphatic heterocycles. The van der Waals surface area contributed by atoms with E-state index >= 15 is 0 Å². The fourth-order valence-corrected chi connectivity index (χ4v) is 3.31. The number of hydrogen-bond donors (Lipinski definition) is 1. The standard InChI is InChI=1S/C20H30N2O3/c1-7-15(13(3)4)12-17-16(8-2)14(5)22(20(17)25)18(10-9-11-23)19(24)21-6/h7-8,11-14,18H,9-10H2,1-6H3,(H,21,24)/b15-7+,16-8-,17-12+. The minimum atomic E-state index is -0.647. The van der Waals surface area contributed by atoms with Crippen LogP contribution in [0, 0.1) is 5.92 Å². The number of carbonyl (C=O) groups is 3. The van der Waals surface area contributed by atoms with E-state index in [2.05, 4.69) is 19.2 Å². The average molecular weight is 346 g/mol. The van der Waals surface area contributed by atoms with E-state index in [4.69, 9.17) is 0 Å². The Morgan fingerprint density at radius 1 is 1.32 bits per heavy atom. The monoisotopic (exact) mass is 346 g/mol. The second kappa shape index (κ2) is 9.35. The van der Waals surface area contributed by atoms with Crippen LogP contribution in [0.15, 0.2) is 34.9 Å². The highest BCUT2D eigenvalue weighted by molar-refractivity contribution is 6.04. The first-order valence-corrected chi connectivity index (χ1v) is 8.86. The first-order chi connectivity index (χ1) is 11.8. The van der Waals surface area contributed by atoms with Crippen LogP contribution in [0.4, 0.5) is 0 Å². The van der Waals surface area contributed by atoms with E-state index in [1.54, 1.807) is 11.9 Å². The Morgan fingerprint density at radius 3 is 2.40 bits per heavy atom. The third-order valence-corrected chi connectivity index (χ3v) is 4.71. The van der Waals surface area contributed by atoms with Gasteiger partial charge in [0.05, 0.1) is 6.04 Å². The molecule has 1 aliphatic rings. The molecule has 2 atom stereocenters. The Hall–Kier alpha value is -2.17. The normalized spacial score (nSPS) is 22.8. The van der Waals surface area contributed by atoms with Crippen LogP contribution in [0.5, 0.6) is 0 Å². The number of amides is 2. The van der Waals surface area contributed by atoms with Crippen molar-refractivity contribution in [2.45, 2.75) is 59.5 Å². The molecule has 0 radical (unpaired) electrons. The van der Waals surface area contributed by atoms with Crippen molar-refractivity contribution in [2.75, 3.05) is 7.05 Å². The van der Waals surface area contributed by atoms with E-state index in [-0.39, 0.29) is 24.3 Å². The van der Waals surface area contributed by atoms with Crippen LogP contribution in [-0.4, -0.2) is 42.1 Å². The van der Waals surface area contributed by atoms with Gasteiger partial charge in [0.25, 0.3) is 5.91 Å². The molecule has 1 saturated heterocycles. The minimum absolute atomic E-state index is 0.153. The highest BCUT2D eigenvalue weighted by Gasteiger charge is 2.42. The summed E-state index contributed by atoms with van der Waals surface area (Å²) < 4.78 is 0. The molecular formula is C20H30N2O3. The number of nitrogens with zero attached hydrogens (tertiary/aromatic N) is 1. The van der Waals surface area contributed by atoms with Gasteiger partial charge in [-0.2, -0.15) is 0 Å². The second-order valence-corrected chi connectivity index (χ2v) is 6.51. The van der Waals surface area contributed by atoms with Crippen LogP contribution in [0.3, 0.4) is 0 Å². The molecule has 5 heteroatoms. The lowest BCUT2D eigenvalue weighted by atomic mass is 9.96. The van der Waals surface area contributed by atoms with E-state index in [1.807, 2.05) is 39.0 Å². The molecule has 0 aliphatic carbocycles. The van der Waals surface area contributed by atoms with Gasteiger partial charge in [-0.15, -0.1) is 0 Å². The molecule has 25 heavy (non-hydrogen) atoms. The topological polar surface area (TPSA) is 66.5 Å². The maximum absolute atomic E-state index is 13.1. The largest absolute Gasteiger partial charge is 0.357 e. The fraction of sp³-hybridized carbons (Fsp3) is 0.550. The van der Waals surface area contributed by atoms with E-state index in [0.29, 0.717) is 17.9 Å². The predicted octanol–water partition coefficient (Wildman–Crippen LogP) is 2.79. The molecule has 138 valence electrons. The van der Waals surface area contributed by atoms with Crippen molar-refractivity contribution in [1.82, 2.24) is 10.2 Å². The summed E-state index contributed by atoms with van der Waals surface area (Å²) in [6.07, 6.45) is 7.22. The number of hydrogen-bond acceptors (Lipinski definition) is 3. The van der Waals surface area contributed by atoms with Gasteiger partial charge in [0.2, 0.25) is 5.91 Å². The Balaban J connectivity index is 3.35. The molecule has 1 N–H and O–H groups in total. The van der Waals surface area contributed by atoms with Gasteiger partial charge in [-0.3, -0.25) is 9.59 Å². The van der Waals surface area contributed by atoms with Crippen molar-refractivity contribution < 1.29 is 14.4 Å². The van der Waals surface area contributed by atoms with Crippen molar-refractivity contribution >= 4 is 18.1 Å². The molecular weight excluding hydrogens is 316 g/mol. The summed E-state index contributed by atoms with van der Waals surface area (Å²) in [5.74, 6) is -0.0912. The first kappa shape index (κ1) is 20.9. The van der Waals surface area contributed by atoms with Crippen molar-refractivity contribution in [2.24, 2.45) is 5.92 Å². The molecule has 0 spiro atoms. The number of carbonyl (C=O) groups excluding carboxylic acids is 3. The Morgan fingerprint density at radius 2 is 1.96 bits per heavy atom. The molecule has 2 amide bonds. The van der Waals surface area contributed by atoms with Crippen LogP contribution in [0.2, 0.25) is 0 Å². The Labute approximate surface area is 150 Å². The maximum Gasteiger partial charge on any atom is 0.255 e. The lowest BCUT2D eigenvalue weighted by molar-refractivity contribution is -0.137. The van der Waals surface area contributed by atoms with Crippen LogP contribution in [-0.2, 0) is 14.4 Å². The summed E-state index contributed by atoms with van der Waals surface area (Å²) in [7, 11) is 1.55. The zero-order valence-corrected chi connectivity index (χ0v) is 16.1. The average Bonchev–Trinajstić information content (AvgIpc) is 2.82. The number of allylic oxidation sites excluding steroid dienone is 4. The third-order valence-electron chi connectivity index (χ3n) is 4.71. The van der Waals surface area contributed by atoms with Crippen molar-refractivity contribution in [3.05, 3.63) is 34.9 Å². The van der Waals surface area contributed by atoms with Gasteiger partial charge < -0.3 is 15.0 Å². The minimum Gasteiger partial charge on any atom is -0.357 e. The predicted molar refractivity (Wildman–Crippen MR) is 99.9 cm³/mol. The van der Waals surface area contributed by atoms with Crippen molar-refractivity contribution in [3.8, 4) is 0 Å². The zero-order valence-electron chi connectivity index (χ0n) is 16.1. The molecule has 0 bridgehead atoms. The number of likely N-dealkylation sites (N-methyl/N-ethyl adjacent to an activating group) is 1. The molecule has 1 heterocycles. The summed E-state index contributed by atoms with van der Waals surface area (Å²) in [6, 6.07) is -0.852. The summed E-state index contributed by atoms with van der Waals surface area (Å²) in [6.45, 7) is 9.95. The second-order valence-electron chi connectivity index (χ2n) is 6.51. The van der Waals surface area contributed by atoms with Gasteiger partial charge in [0, 0.05) is 19.0 Å². The number of nitrogens with one attached hydrogen (secondary N) is 1. The summed E-state index contributed by atoms with van der Waals surface area (Å²) in [4.78, 5) is 37.8. The van der Waals surface area contributed by atoms with Crippen molar-refractivity contribution in [1.29, 1.82) is 0 Å². The van der Waals surface area contributed by atoms with E-state index in [9.17, 15) is 14.4 Å². The van der Waals surface area contributed by atoms with Crippen LogP contribution in [0.25, 0.3) is 0 Å². The molecule has 0 aromatic rings. The summed E-state index contributed by atoms with van der Waals surface area (Å²) >= 11 is 0. The van der Waals surface area contributed by atoms with Crippen LogP contribution in [0.1, 0.15) is 47.5 Å².